The van der Waals surface area contributed by atoms with E-state index in [0.717, 1.165) is 25.1 Å². The summed E-state index contributed by atoms with van der Waals surface area (Å²) in [5.74, 6) is 0.801. The minimum Gasteiger partial charge on any atom is -0.493 e. The number of nitrogens with zero attached hydrogens (tertiary/aromatic N) is 2. The molecule has 1 saturated carbocycles. The fourth-order valence-corrected chi connectivity index (χ4v) is 5.85. The summed E-state index contributed by atoms with van der Waals surface area (Å²) in [6, 6.07) is 5.01. The molecule has 0 N–H and O–H groups in total. The van der Waals surface area contributed by atoms with Crippen LogP contribution in [0.1, 0.15) is 30.9 Å². The van der Waals surface area contributed by atoms with Gasteiger partial charge in [-0.25, -0.2) is 0 Å². The third-order valence-electron chi connectivity index (χ3n) is 7.36. The summed E-state index contributed by atoms with van der Waals surface area (Å²) in [6.45, 7) is 4.21. The van der Waals surface area contributed by atoms with E-state index < -0.39 is 6.04 Å². The van der Waals surface area contributed by atoms with Gasteiger partial charge in [0.2, 0.25) is 0 Å². The molecule has 0 radical (unpaired) electrons. The average Bonchev–Trinajstić information content (AvgIpc) is 3.15. The van der Waals surface area contributed by atoms with Crippen LogP contribution >= 0.6 is 11.6 Å². The summed E-state index contributed by atoms with van der Waals surface area (Å²) in [4.78, 5) is 31.5. The van der Waals surface area contributed by atoms with Gasteiger partial charge < -0.3 is 23.8 Å². The van der Waals surface area contributed by atoms with E-state index in [9.17, 15) is 9.59 Å². The molecule has 9 heteroatoms. The van der Waals surface area contributed by atoms with E-state index in [1.54, 1.807) is 19.1 Å². The largest absolute Gasteiger partial charge is 0.493 e. The molecule has 2 fully saturated rings. The van der Waals surface area contributed by atoms with Gasteiger partial charge in [-0.1, -0.05) is 6.07 Å². The van der Waals surface area contributed by atoms with E-state index in [-0.39, 0.29) is 34.8 Å². The molecule has 5 rings (SSSR count). The normalized spacial score (nSPS) is 29.6. The van der Waals surface area contributed by atoms with E-state index in [0.29, 0.717) is 56.2 Å². The molecule has 3 aliphatic heterocycles. The van der Waals surface area contributed by atoms with Gasteiger partial charge in [0.05, 0.1) is 45.0 Å². The first-order valence-corrected chi connectivity index (χ1v) is 12.4. The molecule has 1 aromatic rings. The van der Waals surface area contributed by atoms with Crippen LogP contribution < -0.4 is 9.47 Å². The molecule has 1 saturated heterocycles. The van der Waals surface area contributed by atoms with Gasteiger partial charge >= 0.3 is 0 Å². The molecular weight excluding hydrogens is 460 g/mol. The van der Waals surface area contributed by atoms with E-state index in [1.165, 1.54) is 0 Å². The zero-order valence-corrected chi connectivity index (χ0v) is 20.4. The molecule has 1 aromatic carbocycles. The van der Waals surface area contributed by atoms with E-state index in [2.05, 4.69) is 4.90 Å². The molecule has 0 aromatic heterocycles. The van der Waals surface area contributed by atoms with Gasteiger partial charge in [0, 0.05) is 31.6 Å². The van der Waals surface area contributed by atoms with Crippen molar-refractivity contribution in [1.29, 1.82) is 0 Å². The van der Waals surface area contributed by atoms with Crippen molar-refractivity contribution in [2.75, 3.05) is 53.6 Å². The van der Waals surface area contributed by atoms with Crippen molar-refractivity contribution in [2.24, 2.45) is 5.92 Å². The summed E-state index contributed by atoms with van der Waals surface area (Å²) in [6.07, 6.45) is 1.76. The number of amides is 1. The first kappa shape index (κ1) is 23.5. The van der Waals surface area contributed by atoms with Gasteiger partial charge in [0.15, 0.2) is 23.0 Å². The van der Waals surface area contributed by atoms with E-state index in [4.69, 9.17) is 30.5 Å². The number of Topliss-reactive ketones (excluding diaryl/α,β-unsaturated/α-hetero) is 1. The number of halogens is 1. The van der Waals surface area contributed by atoms with Gasteiger partial charge in [0.1, 0.15) is 6.10 Å². The topological polar surface area (TPSA) is 77.5 Å². The highest BCUT2D eigenvalue weighted by Crippen LogP contribution is 2.48. The maximum absolute atomic E-state index is 13.8. The molecule has 1 aliphatic carbocycles. The van der Waals surface area contributed by atoms with Crippen molar-refractivity contribution in [1.82, 2.24) is 9.80 Å². The second kappa shape index (κ2) is 9.76. The number of ketones is 1. The lowest BCUT2D eigenvalue weighted by Crippen LogP contribution is -2.43. The molecule has 184 valence electrons. The number of hydrogen-bond donors (Lipinski definition) is 0. The Hall–Kier alpha value is -2.29. The number of alkyl halides is 1. The standard InChI is InChI=1S/C25H31ClN2O6/c1-31-19-5-3-15(13-20(19)32-2)22-21-23(29)17-14-16(26)4-6-18(17)34-24(21)25(30)28(22)8-7-27-9-11-33-12-10-27/h3,5,13,16-18,22H,4,6-12,14H2,1-2H3. The highest BCUT2D eigenvalue weighted by Gasteiger charge is 2.52. The number of rotatable bonds is 6. The number of carbonyl (C=O) groups is 2. The van der Waals surface area contributed by atoms with Crippen LogP contribution in [0.3, 0.4) is 0 Å². The lowest BCUT2D eigenvalue weighted by Gasteiger charge is -2.37. The number of morpholine rings is 1. The summed E-state index contributed by atoms with van der Waals surface area (Å²) in [7, 11) is 3.15. The molecule has 4 unspecified atom stereocenters. The zero-order valence-electron chi connectivity index (χ0n) is 19.6. The number of ether oxygens (including phenoxy) is 4. The predicted octanol–water partition coefficient (Wildman–Crippen LogP) is 2.55. The smallest absolute Gasteiger partial charge is 0.290 e. The van der Waals surface area contributed by atoms with Gasteiger partial charge in [-0.3, -0.25) is 14.5 Å². The van der Waals surface area contributed by atoms with Crippen molar-refractivity contribution < 1.29 is 28.5 Å². The maximum Gasteiger partial charge on any atom is 0.290 e. The number of carbonyl (C=O) groups excluding carboxylic acids is 2. The maximum atomic E-state index is 13.8. The van der Waals surface area contributed by atoms with Gasteiger partial charge in [-0.15, -0.1) is 11.6 Å². The Kier molecular flexibility index (Phi) is 6.73. The van der Waals surface area contributed by atoms with Crippen molar-refractivity contribution in [3.05, 3.63) is 35.1 Å². The van der Waals surface area contributed by atoms with Crippen LogP contribution in [0, 0.1) is 5.92 Å². The molecule has 4 atom stereocenters. The third kappa shape index (κ3) is 4.16. The van der Waals surface area contributed by atoms with Crippen LogP contribution in [0.4, 0.5) is 0 Å². The van der Waals surface area contributed by atoms with Crippen LogP contribution in [-0.4, -0.2) is 86.6 Å². The second-order valence-corrected chi connectivity index (χ2v) is 9.87. The summed E-state index contributed by atoms with van der Waals surface area (Å²) >= 11 is 6.42. The predicted molar refractivity (Wildman–Crippen MR) is 125 cm³/mol. The van der Waals surface area contributed by atoms with Gasteiger partial charge in [-0.05, 0) is 37.0 Å². The Bertz CT molecular complexity index is 992. The number of benzene rings is 1. The number of methoxy groups -OCH3 is 2. The van der Waals surface area contributed by atoms with Crippen LogP contribution in [0.2, 0.25) is 0 Å². The van der Waals surface area contributed by atoms with Crippen LogP contribution in [-0.2, 0) is 19.1 Å². The lowest BCUT2D eigenvalue weighted by molar-refractivity contribution is -0.135. The van der Waals surface area contributed by atoms with Crippen LogP contribution in [0.25, 0.3) is 0 Å². The zero-order chi connectivity index (χ0) is 23.8. The van der Waals surface area contributed by atoms with Crippen molar-refractivity contribution in [3.8, 4) is 11.5 Å². The molecule has 3 heterocycles. The molecule has 34 heavy (non-hydrogen) atoms. The van der Waals surface area contributed by atoms with Gasteiger partial charge in [-0.2, -0.15) is 0 Å². The molecule has 0 bridgehead atoms. The van der Waals surface area contributed by atoms with Crippen LogP contribution in [0.15, 0.2) is 29.5 Å². The van der Waals surface area contributed by atoms with Crippen molar-refractivity contribution in [3.63, 3.8) is 0 Å². The minimum atomic E-state index is -0.535. The minimum absolute atomic E-state index is 0.0152. The van der Waals surface area contributed by atoms with Gasteiger partial charge in [0.25, 0.3) is 5.91 Å². The van der Waals surface area contributed by atoms with Crippen LogP contribution in [0.5, 0.6) is 11.5 Å². The Morgan fingerprint density at radius 1 is 1.06 bits per heavy atom. The lowest BCUT2D eigenvalue weighted by atomic mass is 9.77. The number of hydrogen-bond acceptors (Lipinski definition) is 7. The third-order valence-corrected chi connectivity index (χ3v) is 7.76. The Morgan fingerprint density at radius 3 is 2.56 bits per heavy atom. The fraction of sp³-hybridized carbons (Fsp3) is 0.600. The SMILES string of the molecule is COc1ccc(C2C3=C(OC4CCC(Cl)CC4C3=O)C(=O)N2CCN2CCOCC2)cc1OC. The highest BCUT2D eigenvalue weighted by atomic mass is 35.5. The monoisotopic (exact) mass is 490 g/mol. The second-order valence-electron chi connectivity index (χ2n) is 9.25. The summed E-state index contributed by atoms with van der Waals surface area (Å²) in [5, 5.41) is -0.0509. The average molecular weight is 491 g/mol. The van der Waals surface area contributed by atoms with E-state index >= 15 is 0 Å². The Morgan fingerprint density at radius 2 is 1.82 bits per heavy atom. The van der Waals surface area contributed by atoms with E-state index in [1.807, 2.05) is 18.2 Å². The molecule has 0 spiro atoms. The number of fused-ring (bicyclic) bond motifs is 1. The van der Waals surface area contributed by atoms with Crippen molar-refractivity contribution >= 4 is 23.3 Å². The first-order valence-electron chi connectivity index (χ1n) is 11.9. The first-order chi connectivity index (χ1) is 16.5. The molecule has 4 aliphatic rings. The highest BCUT2D eigenvalue weighted by molar-refractivity contribution is 6.21. The van der Waals surface area contributed by atoms with Crippen molar-refractivity contribution in [2.45, 2.75) is 36.8 Å². The Labute approximate surface area is 204 Å². The fourth-order valence-electron chi connectivity index (χ4n) is 5.54. The molecular formula is C25H31ClN2O6. The molecule has 1 amide bonds. The summed E-state index contributed by atoms with van der Waals surface area (Å²) < 4.78 is 22.6. The summed E-state index contributed by atoms with van der Waals surface area (Å²) in [5.41, 5.74) is 1.25. The molecule has 8 nitrogen and oxygen atoms in total. The quantitative estimate of drug-likeness (QED) is 0.567. The Balaban J connectivity index is 1.51.